The summed E-state index contributed by atoms with van der Waals surface area (Å²) in [6.45, 7) is 0.231. The summed E-state index contributed by atoms with van der Waals surface area (Å²) in [6, 6.07) is 0. The number of aliphatic carboxylic acids is 1. The molecule has 10 heavy (non-hydrogen) atoms. The molecule has 0 saturated carbocycles. The molecule has 0 spiro atoms. The first-order valence-corrected chi connectivity index (χ1v) is 3.04. The zero-order valence-electron chi connectivity index (χ0n) is 6.53. The van der Waals surface area contributed by atoms with Gasteiger partial charge in [-0.05, 0) is 0 Å². The molecule has 0 aromatic heterocycles. The fourth-order valence-corrected chi connectivity index (χ4v) is 0.597. The van der Waals surface area contributed by atoms with Gasteiger partial charge in [0.25, 0.3) is 0 Å². The third kappa shape index (κ3) is 4.29. The fraction of sp³-hybridized carbons (Fsp3) is 0.833. The molecule has 0 aliphatic rings. The van der Waals surface area contributed by atoms with E-state index >= 15 is 0 Å². The second kappa shape index (κ2) is 2.98. The Hall–Kier alpha value is -0.610. The van der Waals surface area contributed by atoms with Crippen LogP contribution in [-0.2, 0) is 4.79 Å². The van der Waals surface area contributed by atoms with E-state index < -0.39 is 12.1 Å². The van der Waals surface area contributed by atoms with Crippen LogP contribution in [0.4, 0.5) is 0 Å². The minimum atomic E-state index is -1.25. The first-order chi connectivity index (χ1) is 4.33. The summed E-state index contributed by atoms with van der Waals surface area (Å²) in [5.74, 6) is -1.16. The van der Waals surface area contributed by atoms with Crippen molar-refractivity contribution in [3.63, 3.8) is 0 Å². The maximum absolute atomic E-state index is 10.1. The number of hydrogen-bond acceptors (Lipinski definition) is 2. The number of carbonyl (C=O) groups is 1. The summed E-state index contributed by atoms with van der Waals surface area (Å²) in [5, 5.41) is 17.1. The number of carboxylic acid groups (broad SMARTS) is 1. The number of nitrogens with zero attached hydrogens (tertiary/aromatic N) is 1. The third-order valence-electron chi connectivity index (χ3n) is 1.01. The van der Waals surface area contributed by atoms with Gasteiger partial charge in [-0.1, -0.05) is 0 Å². The molecule has 0 fully saturated rings. The van der Waals surface area contributed by atoms with Crippen molar-refractivity contribution in [2.75, 3.05) is 27.7 Å². The van der Waals surface area contributed by atoms with E-state index in [-0.39, 0.29) is 6.54 Å². The van der Waals surface area contributed by atoms with Gasteiger partial charge in [0.2, 0.25) is 6.10 Å². The first-order valence-electron chi connectivity index (χ1n) is 3.04. The van der Waals surface area contributed by atoms with Gasteiger partial charge in [0.05, 0.1) is 21.1 Å². The van der Waals surface area contributed by atoms with Crippen LogP contribution in [-0.4, -0.2) is 54.5 Å². The zero-order chi connectivity index (χ0) is 8.36. The highest BCUT2D eigenvalue weighted by Crippen LogP contribution is 1.93. The Bertz CT molecular complexity index is 127. The molecule has 0 saturated heterocycles. The number of rotatable bonds is 3. The van der Waals surface area contributed by atoms with Crippen molar-refractivity contribution in [3.8, 4) is 0 Å². The predicted octanol–water partition coefficient (Wildman–Crippen LogP) is -0.862. The lowest BCUT2D eigenvalue weighted by Gasteiger charge is -2.24. The van der Waals surface area contributed by atoms with Gasteiger partial charge in [-0.3, -0.25) is 0 Å². The number of quaternary nitrogens is 1. The minimum absolute atomic E-state index is 0.231. The van der Waals surface area contributed by atoms with Crippen LogP contribution in [0.15, 0.2) is 0 Å². The van der Waals surface area contributed by atoms with Crippen molar-refractivity contribution in [2.24, 2.45) is 0 Å². The molecule has 60 valence electrons. The smallest absolute Gasteiger partial charge is 0.338 e. The Morgan fingerprint density at radius 3 is 2.00 bits per heavy atom. The Kier molecular flexibility index (Phi) is 2.80. The minimum Gasteiger partial charge on any atom is -0.479 e. The molecule has 4 heteroatoms. The topological polar surface area (TPSA) is 57.5 Å². The second-order valence-corrected chi connectivity index (χ2v) is 3.33. The van der Waals surface area contributed by atoms with Crippen LogP contribution in [0.25, 0.3) is 0 Å². The molecule has 4 nitrogen and oxygen atoms in total. The molecule has 0 amide bonds. The van der Waals surface area contributed by atoms with Crippen LogP contribution in [0.3, 0.4) is 0 Å². The van der Waals surface area contributed by atoms with Crippen LogP contribution in [0, 0.1) is 0 Å². The van der Waals surface area contributed by atoms with Gasteiger partial charge in [0, 0.05) is 0 Å². The van der Waals surface area contributed by atoms with E-state index in [1.54, 1.807) is 0 Å². The van der Waals surface area contributed by atoms with Crippen LogP contribution in [0.2, 0.25) is 0 Å². The molecule has 2 N–H and O–H groups in total. The van der Waals surface area contributed by atoms with Gasteiger partial charge in [-0.25, -0.2) is 4.79 Å². The molecule has 0 rings (SSSR count). The average Bonchev–Trinajstić information content (AvgIpc) is 1.60. The van der Waals surface area contributed by atoms with E-state index in [2.05, 4.69) is 0 Å². The quantitative estimate of drug-likeness (QED) is 0.512. The number of carboxylic acids is 1. The molecule has 1 unspecified atom stereocenters. The lowest BCUT2D eigenvalue weighted by atomic mass is 10.3. The normalized spacial score (nSPS) is 14.8. The molecule has 0 heterocycles. The third-order valence-corrected chi connectivity index (χ3v) is 1.01. The van der Waals surface area contributed by atoms with Crippen LogP contribution in [0.1, 0.15) is 0 Å². The standard InChI is InChI=1S/C6H13NO3/c1-7(2,3)4-5(8)6(9)10/h5,8H,4H2,1-3H3/p+1. The van der Waals surface area contributed by atoms with E-state index in [1.807, 2.05) is 21.1 Å². The van der Waals surface area contributed by atoms with Gasteiger partial charge in [0.1, 0.15) is 6.54 Å². The van der Waals surface area contributed by atoms with Crippen molar-refractivity contribution in [3.05, 3.63) is 0 Å². The lowest BCUT2D eigenvalue weighted by Crippen LogP contribution is -2.44. The van der Waals surface area contributed by atoms with Gasteiger partial charge in [-0.2, -0.15) is 0 Å². The van der Waals surface area contributed by atoms with Crippen molar-refractivity contribution >= 4 is 5.97 Å². The van der Waals surface area contributed by atoms with E-state index in [9.17, 15) is 4.79 Å². The van der Waals surface area contributed by atoms with Crippen LogP contribution in [0.5, 0.6) is 0 Å². The number of likely N-dealkylation sites (N-methyl/N-ethyl adjacent to an activating group) is 1. The van der Waals surface area contributed by atoms with Crippen molar-refractivity contribution in [1.82, 2.24) is 0 Å². The Labute approximate surface area is 60.3 Å². The maximum Gasteiger partial charge on any atom is 0.338 e. The highest BCUT2D eigenvalue weighted by atomic mass is 16.4. The maximum atomic E-state index is 10.1. The molecule has 0 aliphatic heterocycles. The first kappa shape index (κ1) is 9.39. The molecule has 0 aliphatic carbocycles. The summed E-state index contributed by atoms with van der Waals surface area (Å²) in [6.07, 6.45) is -1.25. The fourth-order valence-electron chi connectivity index (χ4n) is 0.597. The lowest BCUT2D eigenvalue weighted by molar-refractivity contribution is -0.872. The Balaban J connectivity index is 3.80. The average molecular weight is 148 g/mol. The summed E-state index contributed by atoms with van der Waals surface area (Å²) < 4.78 is 0.452. The Morgan fingerprint density at radius 2 is 1.90 bits per heavy atom. The molecule has 1 atom stereocenters. The van der Waals surface area contributed by atoms with Crippen LogP contribution >= 0.6 is 0 Å². The summed E-state index contributed by atoms with van der Waals surface area (Å²) in [4.78, 5) is 10.1. The van der Waals surface area contributed by atoms with E-state index in [0.29, 0.717) is 4.48 Å². The summed E-state index contributed by atoms with van der Waals surface area (Å²) in [5.41, 5.74) is 0. The highest BCUT2D eigenvalue weighted by molar-refractivity contribution is 5.71. The summed E-state index contributed by atoms with van der Waals surface area (Å²) >= 11 is 0. The van der Waals surface area contributed by atoms with Crippen molar-refractivity contribution in [1.29, 1.82) is 0 Å². The van der Waals surface area contributed by atoms with Gasteiger partial charge in [-0.15, -0.1) is 0 Å². The number of hydrogen-bond donors (Lipinski definition) is 2. The SMILES string of the molecule is C[N+](C)(C)CC(O)C(=O)O. The summed E-state index contributed by atoms with van der Waals surface area (Å²) in [7, 11) is 5.48. The number of aliphatic hydroxyl groups is 1. The van der Waals surface area contributed by atoms with E-state index in [1.165, 1.54) is 0 Å². The molecular formula is C6H14NO3+. The largest absolute Gasteiger partial charge is 0.479 e. The molecule has 0 bridgehead atoms. The Morgan fingerprint density at radius 1 is 1.50 bits per heavy atom. The van der Waals surface area contributed by atoms with E-state index in [0.717, 1.165) is 0 Å². The highest BCUT2D eigenvalue weighted by Gasteiger charge is 2.21. The molecule has 0 radical (unpaired) electrons. The second-order valence-electron chi connectivity index (χ2n) is 3.33. The number of aliphatic hydroxyl groups excluding tert-OH is 1. The van der Waals surface area contributed by atoms with Gasteiger partial charge >= 0.3 is 5.97 Å². The van der Waals surface area contributed by atoms with Gasteiger partial charge in [0.15, 0.2) is 0 Å². The van der Waals surface area contributed by atoms with Gasteiger partial charge < -0.3 is 14.7 Å². The zero-order valence-corrected chi connectivity index (χ0v) is 6.53. The van der Waals surface area contributed by atoms with Crippen molar-refractivity contribution < 1.29 is 19.5 Å². The van der Waals surface area contributed by atoms with Crippen molar-refractivity contribution in [2.45, 2.75) is 6.10 Å². The van der Waals surface area contributed by atoms with Crippen LogP contribution < -0.4 is 0 Å². The molecular weight excluding hydrogens is 134 g/mol. The monoisotopic (exact) mass is 148 g/mol. The predicted molar refractivity (Wildman–Crippen MR) is 36.5 cm³/mol. The molecule has 0 aromatic rings. The molecule has 0 aromatic carbocycles. The van der Waals surface area contributed by atoms with E-state index in [4.69, 9.17) is 10.2 Å².